The lowest BCUT2D eigenvalue weighted by molar-refractivity contribution is -0.122. The van der Waals surface area contributed by atoms with Crippen LogP contribution in [0.25, 0.3) is 11.7 Å². The second-order valence-corrected chi connectivity index (χ2v) is 8.64. The predicted octanol–water partition coefficient (Wildman–Crippen LogP) is 4.62. The Bertz CT molecular complexity index is 1460. The molecule has 10 heteroatoms. The van der Waals surface area contributed by atoms with E-state index in [1.165, 1.54) is 45.9 Å². The Kier molecular flexibility index (Phi) is 5.53. The van der Waals surface area contributed by atoms with Gasteiger partial charge in [-0.3, -0.25) is 18.9 Å². The molecule has 164 valence electrons. The first-order valence-electron chi connectivity index (χ1n) is 9.72. The van der Waals surface area contributed by atoms with Crippen LogP contribution in [-0.2, 0) is 11.3 Å². The zero-order valence-electron chi connectivity index (χ0n) is 16.8. The number of fused-ring (bicyclic) bond motifs is 1. The summed E-state index contributed by atoms with van der Waals surface area (Å²) in [4.78, 5) is 32.4. The lowest BCUT2D eigenvalue weighted by Gasteiger charge is -2.12. The molecule has 7 nitrogen and oxygen atoms in total. The number of thiocarbonyl (C=S) groups is 1. The summed E-state index contributed by atoms with van der Waals surface area (Å²) in [6, 6.07) is 13.9. The zero-order valence-corrected chi connectivity index (χ0v) is 18.4. The maximum absolute atomic E-state index is 13.3. The minimum absolute atomic E-state index is 0.00545. The number of amides is 1. The van der Waals surface area contributed by atoms with Crippen LogP contribution >= 0.6 is 24.0 Å². The molecule has 33 heavy (non-hydrogen) atoms. The van der Waals surface area contributed by atoms with Crippen molar-refractivity contribution < 1.29 is 18.3 Å². The summed E-state index contributed by atoms with van der Waals surface area (Å²) < 4.78 is 26.1. The molecule has 1 saturated heterocycles. The van der Waals surface area contributed by atoms with E-state index in [0.29, 0.717) is 21.5 Å². The van der Waals surface area contributed by atoms with E-state index in [1.807, 2.05) is 0 Å². The summed E-state index contributed by atoms with van der Waals surface area (Å²) in [5.41, 5.74) is 0.0117. The number of aromatic nitrogens is 2. The number of thioether (sulfide) groups is 1. The molecule has 1 aliphatic heterocycles. The molecular weight excluding hydrogens is 465 g/mol. The largest absolute Gasteiger partial charge is 0.467 e. The first kappa shape index (κ1) is 21.1. The molecule has 3 aromatic heterocycles. The maximum atomic E-state index is 13.3. The van der Waals surface area contributed by atoms with Gasteiger partial charge in [0.2, 0.25) is 5.88 Å². The molecule has 1 amide bonds. The average molecular weight is 480 g/mol. The molecule has 0 atom stereocenters. The molecule has 4 heterocycles. The van der Waals surface area contributed by atoms with Gasteiger partial charge in [0.05, 0.1) is 17.7 Å². The van der Waals surface area contributed by atoms with Crippen LogP contribution in [0.15, 0.2) is 81.2 Å². The molecule has 5 rings (SSSR count). The molecule has 0 spiro atoms. The number of hydrogen-bond donors (Lipinski definition) is 0. The van der Waals surface area contributed by atoms with E-state index in [0.717, 1.165) is 11.8 Å². The summed E-state index contributed by atoms with van der Waals surface area (Å²) in [5, 5.41) is 0. The SMILES string of the molecule is O=C1C(=Cc2c(Oc3ccc(F)cc3)nc3ccccn3c2=O)SC(=S)N1Cc1ccco1. The highest BCUT2D eigenvalue weighted by molar-refractivity contribution is 8.26. The number of pyridine rings is 1. The van der Waals surface area contributed by atoms with Crippen molar-refractivity contribution in [1.29, 1.82) is 0 Å². The highest BCUT2D eigenvalue weighted by Gasteiger charge is 2.33. The van der Waals surface area contributed by atoms with Crippen molar-refractivity contribution in [1.82, 2.24) is 14.3 Å². The Morgan fingerprint density at radius 3 is 2.70 bits per heavy atom. The van der Waals surface area contributed by atoms with Gasteiger partial charge in [-0.15, -0.1) is 0 Å². The van der Waals surface area contributed by atoms with E-state index in [2.05, 4.69) is 4.98 Å². The molecule has 0 N–H and O–H groups in total. The number of nitrogens with zero attached hydrogens (tertiary/aromatic N) is 3. The summed E-state index contributed by atoms with van der Waals surface area (Å²) in [6.45, 7) is 0.183. The van der Waals surface area contributed by atoms with Crippen molar-refractivity contribution in [2.24, 2.45) is 0 Å². The Balaban J connectivity index is 1.57. The number of ether oxygens (including phenoxy) is 1. The molecule has 0 radical (unpaired) electrons. The lowest BCUT2D eigenvalue weighted by atomic mass is 10.2. The molecule has 1 aromatic carbocycles. The van der Waals surface area contributed by atoms with Crippen molar-refractivity contribution in [2.75, 3.05) is 0 Å². The number of carbonyl (C=O) groups excluding carboxylic acids is 1. The number of hydrogen-bond acceptors (Lipinski definition) is 7. The third-order valence-corrected chi connectivity index (χ3v) is 6.18. The highest BCUT2D eigenvalue weighted by atomic mass is 32.2. The summed E-state index contributed by atoms with van der Waals surface area (Å²) in [5.74, 6) is 0.0964. The third kappa shape index (κ3) is 4.18. The van der Waals surface area contributed by atoms with Crippen LogP contribution in [0.3, 0.4) is 0 Å². The van der Waals surface area contributed by atoms with Crippen LogP contribution in [0.2, 0.25) is 0 Å². The van der Waals surface area contributed by atoms with Crippen LogP contribution < -0.4 is 10.3 Å². The van der Waals surface area contributed by atoms with E-state index in [4.69, 9.17) is 21.4 Å². The van der Waals surface area contributed by atoms with E-state index in [-0.39, 0.29) is 28.8 Å². The fourth-order valence-corrected chi connectivity index (χ4v) is 4.46. The zero-order chi connectivity index (χ0) is 22.9. The van der Waals surface area contributed by atoms with Crippen molar-refractivity contribution in [2.45, 2.75) is 6.54 Å². The average Bonchev–Trinajstić information content (AvgIpc) is 3.42. The van der Waals surface area contributed by atoms with Gasteiger partial charge in [0, 0.05) is 6.20 Å². The van der Waals surface area contributed by atoms with Gasteiger partial charge < -0.3 is 9.15 Å². The Morgan fingerprint density at radius 1 is 1.12 bits per heavy atom. The van der Waals surface area contributed by atoms with Crippen molar-refractivity contribution in [3.63, 3.8) is 0 Å². The topological polar surface area (TPSA) is 77.0 Å². The molecule has 4 aromatic rings. The second-order valence-electron chi connectivity index (χ2n) is 6.97. The third-order valence-electron chi connectivity index (χ3n) is 4.81. The molecule has 1 aliphatic rings. The molecular formula is C23H14FN3O4S2. The normalized spacial score (nSPS) is 15.1. The van der Waals surface area contributed by atoms with E-state index >= 15 is 0 Å². The first-order chi connectivity index (χ1) is 16.0. The predicted molar refractivity (Wildman–Crippen MR) is 125 cm³/mol. The number of carbonyl (C=O) groups is 1. The van der Waals surface area contributed by atoms with Crippen molar-refractivity contribution in [3.8, 4) is 11.6 Å². The molecule has 0 aliphatic carbocycles. The second kappa shape index (κ2) is 8.64. The minimum atomic E-state index is -0.422. The van der Waals surface area contributed by atoms with Crippen molar-refractivity contribution in [3.05, 3.63) is 99.5 Å². The number of furan rings is 1. The maximum Gasteiger partial charge on any atom is 0.269 e. The van der Waals surface area contributed by atoms with Gasteiger partial charge in [0.1, 0.15) is 32.9 Å². The highest BCUT2D eigenvalue weighted by Crippen LogP contribution is 2.35. The van der Waals surface area contributed by atoms with E-state index in [1.54, 1.807) is 36.5 Å². The molecule has 0 saturated carbocycles. The molecule has 0 unspecified atom stereocenters. The van der Waals surface area contributed by atoms with Gasteiger partial charge in [0.15, 0.2) is 0 Å². The van der Waals surface area contributed by atoms with Gasteiger partial charge >= 0.3 is 0 Å². The monoisotopic (exact) mass is 479 g/mol. The van der Waals surface area contributed by atoms with Gasteiger partial charge in [-0.1, -0.05) is 30.0 Å². The molecule has 0 bridgehead atoms. The van der Waals surface area contributed by atoms with E-state index < -0.39 is 11.4 Å². The summed E-state index contributed by atoms with van der Waals surface area (Å²) in [6.07, 6.45) is 4.52. The van der Waals surface area contributed by atoms with Gasteiger partial charge in [-0.05, 0) is 54.6 Å². The standard InChI is InChI=1S/C23H14FN3O4S2/c24-14-6-8-15(9-7-14)31-20-17(21(28)26-10-2-1-5-19(26)25-20)12-18-22(29)27(23(32)33-18)13-16-4-3-11-30-16/h1-12H,13H2. The quantitative estimate of drug-likeness (QED) is 0.305. The van der Waals surface area contributed by atoms with Crippen LogP contribution in [-0.4, -0.2) is 24.5 Å². The summed E-state index contributed by atoms with van der Waals surface area (Å²) in [7, 11) is 0. The minimum Gasteiger partial charge on any atom is -0.467 e. The Hall–Kier alpha value is -3.76. The summed E-state index contributed by atoms with van der Waals surface area (Å²) >= 11 is 6.44. The van der Waals surface area contributed by atoms with Gasteiger partial charge in [0.25, 0.3) is 11.5 Å². The number of rotatable bonds is 5. The van der Waals surface area contributed by atoms with Gasteiger partial charge in [-0.2, -0.15) is 4.98 Å². The van der Waals surface area contributed by atoms with Crippen LogP contribution in [0.5, 0.6) is 11.6 Å². The first-order valence-corrected chi connectivity index (χ1v) is 10.9. The van der Waals surface area contributed by atoms with Crippen LogP contribution in [0.4, 0.5) is 4.39 Å². The lowest BCUT2D eigenvalue weighted by Crippen LogP contribution is -2.27. The Labute approximate surface area is 196 Å². The number of halogens is 1. The number of benzene rings is 1. The van der Waals surface area contributed by atoms with Crippen LogP contribution in [0.1, 0.15) is 11.3 Å². The smallest absolute Gasteiger partial charge is 0.269 e. The fourth-order valence-electron chi connectivity index (χ4n) is 3.22. The molecule has 1 fully saturated rings. The van der Waals surface area contributed by atoms with Gasteiger partial charge in [-0.25, -0.2) is 4.39 Å². The fraction of sp³-hybridized carbons (Fsp3) is 0.0435. The Morgan fingerprint density at radius 2 is 1.94 bits per heavy atom. The van der Waals surface area contributed by atoms with E-state index in [9.17, 15) is 14.0 Å². The van der Waals surface area contributed by atoms with Crippen molar-refractivity contribution >= 4 is 45.9 Å². The van der Waals surface area contributed by atoms with Crippen LogP contribution in [0, 0.1) is 5.82 Å².